The van der Waals surface area contributed by atoms with Crippen LogP contribution in [0.1, 0.15) is 11.1 Å². The van der Waals surface area contributed by atoms with Crippen molar-refractivity contribution in [3.05, 3.63) is 53.9 Å². The number of hydrogen-bond donors (Lipinski definition) is 4. The number of nitrogens with one attached hydrogen (secondary N) is 2. The van der Waals surface area contributed by atoms with Crippen LogP contribution in [0.3, 0.4) is 0 Å². The van der Waals surface area contributed by atoms with Crippen molar-refractivity contribution in [2.24, 2.45) is 0 Å². The first-order valence-corrected chi connectivity index (χ1v) is 8.17. The van der Waals surface area contributed by atoms with Crippen LogP contribution in [0.15, 0.2) is 42.7 Å². The van der Waals surface area contributed by atoms with E-state index in [1.165, 1.54) is 12.1 Å². The van der Waals surface area contributed by atoms with Crippen molar-refractivity contribution in [2.75, 3.05) is 11.9 Å². The molecule has 0 fully saturated rings. The van der Waals surface area contributed by atoms with Gasteiger partial charge in [0.1, 0.15) is 11.4 Å². The summed E-state index contributed by atoms with van der Waals surface area (Å²) in [6, 6.07) is 8.35. The summed E-state index contributed by atoms with van der Waals surface area (Å²) in [5.41, 5.74) is 3.09. The van der Waals surface area contributed by atoms with Crippen LogP contribution in [0.4, 0.5) is 5.69 Å². The molecule has 4 rings (SSSR count). The van der Waals surface area contributed by atoms with Gasteiger partial charge >= 0.3 is 5.97 Å². The Balaban J connectivity index is 1.72. The van der Waals surface area contributed by atoms with E-state index < -0.39 is 18.7 Å². The van der Waals surface area contributed by atoms with Gasteiger partial charge < -0.3 is 25.3 Å². The Morgan fingerprint density at radius 1 is 1.33 bits per heavy atom. The van der Waals surface area contributed by atoms with Gasteiger partial charge in [0.05, 0.1) is 6.61 Å². The number of aromatic amines is 1. The van der Waals surface area contributed by atoms with Crippen molar-refractivity contribution in [3.63, 3.8) is 0 Å². The predicted molar refractivity (Wildman–Crippen MR) is 97.8 cm³/mol. The third-order valence-electron chi connectivity index (χ3n) is 4.22. The highest BCUT2D eigenvalue weighted by molar-refractivity contribution is 6.35. The number of carbonyl (C=O) groups is 2. The monoisotopic (exact) mass is 365 g/mol. The molecule has 1 aliphatic rings. The fourth-order valence-corrected chi connectivity index (χ4v) is 2.88. The number of nitrogens with zero attached hydrogens (tertiary/aromatic N) is 1. The molecule has 4 N–H and O–H groups in total. The summed E-state index contributed by atoms with van der Waals surface area (Å²) in [7, 11) is 0. The molecule has 0 spiro atoms. The minimum atomic E-state index is -1.62. The van der Waals surface area contributed by atoms with E-state index in [1.54, 1.807) is 24.5 Å². The second kappa shape index (κ2) is 6.67. The molecule has 3 aromatic rings. The summed E-state index contributed by atoms with van der Waals surface area (Å²) < 4.78 is 5.05. The number of fused-ring (bicyclic) bond motifs is 2. The maximum absolute atomic E-state index is 12.4. The van der Waals surface area contributed by atoms with Crippen LogP contribution >= 0.6 is 0 Å². The van der Waals surface area contributed by atoms with Crippen molar-refractivity contribution >= 4 is 40.2 Å². The number of amides is 1. The molecule has 27 heavy (non-hydrogen) atoms. The van der Waals surface area contributed by atoms with Crippen LogP contribution in [0.2, 0.25) is 0 Å². The first-order valence-electron chi connectivity index (χ1n) is 8.17. The van der Waals surface area contributed by atoms with Crippen LogP contribution in [-0.4, -0.2) is 44.8 Å². The number of pyridine rings is 1. The average molecular weight is 365 g/mol. The van der Waals surface area contributed by atoms with Crippen LogP contribution in [-0.2, 0) is 9.59 Å². The van der Waals surface area contributed by atoms with Crippen molar-refractivity contribution < 1.29 is 24.5 Å². The zero-order valence-corrected chi connectivity index (χ0v) is 14.0. The number of anilines is 1. The topological polar surface area (TPSA) is 125 Å². The second-order valence-electron chi connectivity index (χ2n) is 5.98. The van der Waals surface area contributed by atoms with Gasteiger partial charge in [-0.05, 0) is 36.4 Å². The summed E-state index contributed by atoms with van der Waals surface area (Å²) in [6.45, 7) is -0.733. The number of esters is 1. The smallest absolute Gasteiger partial charge is 0.342 e. The van der Waals surface area contributed by atoms with E-state index >= 15 is 0 Å². The molecule has 8 heteroatoms. The van der Waals surface area contributed by atoms with Gasteiger partial charge in [0, 0.05) is 40.2 Å². The quantitative estimate of drug-likeness (QED) is 0.314. The molecule has 0 bridgehead atoms. The number of carbonyl (C=O) groups excluding carboxylic acids is 2. The van der Waals surface area contributed by atoms with Gasteiger partial charge in [0.25, 0.3) is 5.91 Å². The molecule has 0 saturated carbocycles. The Bertz CT molecular complexity index is 1090. The molecule has 3 heterocycles. The van der Waals surface area contributed by atoms with E-state index in [4.69, 9.17) is 9.84 Å². The molecule has 1 atom stereocenters. The zero-order valence-electron chi connectivity index (χ0n) is 14.0. The number of aliphatic hydroxyl groups excluding tert-OH is 2. The van der Waals surface area contributed by atoms with Crippen LogP contribution in [0.25, 0.3) is 22.7 Å². The number of hydrogen-bond acceptors (Lipinski definition) is 6. The molecular formula is C19H15N3O5. The molecule has 0 radical (unpaired) electrons. The third-order valence-corrected chi connectivity index (χ3v) is 4.22. The largest absolute Gasteiger partial charge is 0.425 e. The lowest BCUT2D eigenvalue weighted by molar-refractivity contribution is -0.145. The summed E-state index contributed by atoms with van der Waals surface area (Å²) in [4.78, 5) is 31.3. The van der Waals surface area contributed by atoms with Gasteiger partial charge in [-0.3, -0.25) is 4.79 Å². The van der Waals surface area contributed by atoms with E-state index in [0.29, 0.717) is 22.5 Å². The molecular weight excluding hydrogens is 350 g/mol. The summed E-state index contributed by atoms with van der Waals surface area (Å²) in [5.74, 6) is -1.08. The average Bonchev–Trinajstić information content (AvgIpc) is 3.22. The van der Waals surface area contributed by atoms with Gasteiger partial charge in [0.2, 0.25) is 0 Å². The Morgan fingerprint density at radius 2 is 2.19 bits per heavy atom. The van der Waals surface area contributed by atoms with Gasteiger partial charge in [-0.25, -0.2) is 9.78 Å². The van der Waals surface area contributed by atoms with E-state index in [1.807, 2.05) is 12.1 Å². The standard InChI is InChI=1S/C19H15N3O5/c23-9-16(24)19(26)27-11-3-4-15-13(7-11)14(18(25)22-15)6-10-8-21-17-12(10)2-1-5-20-17/h1-8,16,23-24H,9H2,(H,20,21)(H,22,25). The Labute approximate surface area is 153 Å². The summed E-state index contributed by atoms with van der Waals surface area (Å²) >= 11 is 0. The lowest BCUT2D eigenvalue weighted by Crippen LogP contribution is -2.28. The lowest BCUT2D eigenvalue weighted by atomic mass is 10.0. The Morgan fingerprint density at radius 3 is 3.00 bits per heavy atom. The maximum atomic E-state index is 12.4. The molecule has 0 aliphatic carbocycles. The highest BCUT2D eigenvalue weighted by atomic mass is 16.6. The number of ether oxygens (including phenoxy) is 1. The Kier molecular flexibility index (Phi) is 4.19. The number of aromatic nitrogens is 2. The Hall–Kier alpha value is -3.49. The molecule has 1 amide bonds. The minimum Gasteiger partial charge on any atom is -0.425 e. The van der Waals surface area contributed by atoms with Gasteiger partial charge in [-0.15, -0.1) is 0 Å². The number of rotatable bonds is 4. The van der Waals surface area contributed by atoms with Crippen molar-refractivity contribution in [3.8, 4) is 5.75 Å². The van der Waals surface area contributed by atoms with E-state index in [0.717, 1.165) is 10.9 Å². The van der Waals surface area contributed by atoms with Crippen LogP contribution in [0, 0.1) is 0 Å². The van der Waals surface area contributed by atoms with Crippen molar-refractivity contribution in [2.45, 2.75) is 6.10 Å². The number of H-pyrrole nitrogens is 1. The lowest BCUT2D eigenvalue weighted by Gasteiger charge is -2.09. The normalized spacial score (nSPS) is 15.6. The number of benzene rings is 1. The van der Waals surface area contributed by atoms with E-state index in [-0.39, 0.29) is 11.7 Å². The fourth-order valence-electron chi connectivity index (χ4n) is 2.88. The molecule has 0 saturated heterocycles. The molecule has 2 aromatic heterocycles. The SMILES string of the molecule is O=C1Nc2ccc(OC(=O)C(O)CO)cc2C1=Cc1c[nH]c2ncccc12. The maximum Gasteiger partial charge on any atom is 0.342 e. The van der Waals surface area contributed by atoms with Crippen molar-refractivity contribution in [1.82, 2.24) is 9.97 Å². The summed E-state index contributed by atoms with van der Waals surface area (Å²) in [5, 5.41) is 21.8. The summed E-state index contributed by atoms with van der Waals surface area (Å²) in [6.07, 6.45) is 3.55. The van der Waals surface area contributed by atoms with Gasteiger partial charge in [-0.2, -0.15) is 0 Å². The fraction of sp³-hybridized carbons (Fsp3) is 0.105. The first-order chi connectivity index (χ1) is 13.1. The molecule has 1 aliphatic heterocycles. The highest BCUT2D eigenvalue weighted by Gasteiger charge is 2.26. The predicted octanol–water partition coefficient (Wildman–Crippen LogP) is 1.31. The molecule has 1 aromatic carbocycles. The van der Waals surface area contributed by atoms with E-state index in [2.05, 4.69) is 15.3 Å². The highest BCUT2D eigenvalue weighted by Crippen LogP contribution is 2.36. The number of aliphatic hydroxyl groups is 2. The van der Waals surface area contributed by atoms with Gasteiger partial charge in [0.15, 0.2) is 6.10 Å². The van der Waals surface area contributed by atoms with E-state index in [9.17, 15) is 14.7 Å². The molecule has 8 nitrogen and oxygen atoms in total. The molecule has 1 unspecified atom stereocenters. The third kappa shape index (κ3) is 3.07. The first kappa shape index (κ1) is 17.0. The van der Waals surface area contributed by atoms with Crippen LogP contribution < -0.4 is 10.1 Å². The van der Waals surface area contributed by atoms with Crippen LogP contribution in [0.5, 0.6) is 5.75 Å². The zero-order chi connectivity index (χ0) is 19.0. The van der Waals surface area contributed by atoms with Crippen molar-refractivity contribution in [1.29, 1.82) is 0 Å². The minimum absolute atomic E-state index is 0.161. The second-order valence-corrected chi connectivity index (χ2v) is 5.98. The molecule has 136 valence electrons. The van der Waals surface area contributed by atoms with Gasteiger partial charge in [-0.1, -0.05) is 0 Å².